The molecule has 1 fully saturated rings. The molecule has 0 bridgehead atoms. The number of alkyl halides is 2. The van der Waals surface area contributed by atoms with Crippen molar-refractivity contribution in [2.24, 2.45) is 0 Å². The molecule has 0 aliphatic carbocycles. The highest BCUT2D eigenvalue weighted by molar-refractivity contribution is 5.97. The normalized spacial score (nSPS) is 14.9. The summed E-state index contributed by atoms with van der Waals surface area (Å²) >= 11 is 0. The molecule has 2 amide bonds. The quantitative estimate of drug-likeness (QED) is 0.628. The second-order valence-electron chi connectivity index (χ2n) is 7.77. The molecule has 3 aromatic rings. The van der Waals surface area contributed by atoms with E-state index in [-0.39, 0.29) is 17.9 Å². The molecule has 2 aromatic carbocycles. The molecule has 0 atom stereocenters. The molecule has 2 N–H and O–H groups in total. The van der Waals surface area contributed by atoms with Crippen molar-refractivity contribution < 1.29 is 18.4 Å². The zero-order chi connectivity index (χ0) is 21.8. The molecule has 0 spiro atoms. The third-order valence-corrected chi connectivity index (χ3v) is 5.58. The highest BCUT2D eigenvalue weighted by atomic mass is 19.3. The second kappa shape index (κ2) is 9.24. The van der Waals surface area contributed by atoms with Crippen molar-refractivity contribution in [2.75, 3.05) is 13.1 Å². The number of aromatic amines is 1. The van der Waals surface area contributed by atoms with Crippen molar-refractivity contribution in [3.63, 3.8) is 0 Å². The van der Waals surface area contributed by atoms with E-state index in [0.717, 1.165) is 5.56 Å². The number of halogens is 2. The molecule has 0 radical (unpaired) electrons. The third kappa shape index (κ3) is 5.07. The molecule has 31 heavy (non-hydrogen) atoms. The predicted molar refractivity (Wildman–Crippen MR) is 113 cm³/mol. The summed E-state index contributed by atoms with van der Waals surface area (Å²) in [6.45, 7) is 1.07. The molecule has 0 saturated carbocycles. The molecule has 162 valence electrons. The summed E-state index contributed by atoms with van der Waals surface area (Å²) in [4.78, 5) is 33.2. The number of hydrogen-bond acceptors (Lipinski definition) is 3. The number of carbonyl (C=O) groups is 2. The van der Waals surface area contributed by atoms with Crippen LogP contribution in [0, 0.1) is 0 Å². The molecule has 1 aromatic heterocycles. The Kier molecular flexibility index (Phi) is 6.25. The average Bonchev–Trinajstić information content (AvgIpc) is 3.22. The van der Waals surface area contributed by atoms with Crippen molar-refractivity contribution in [1.82, 2.24) is 20.2 Å². The van der Waals surface area contributed by atoms with Gasteiger partial charge < -0.3 is 15.2 Å². The van der Waals surface area contributed by atoms with Gasteiger partial charge >= 0.3 is 0 Å². The number of nitrogens with one attached hydrogen (secondary N) is 2. The lowest BCUT2D eigenvalue weighted by Gasteiger charge is -2.32. The monoisotopic (exact) mass is 426 g/mol. The van der Waals surface area contributed by atoms with Gasteiger partial charge in [0, 0.05) is 31.1 Å². The fourth-order valence-corrected chi connectivity index (χ4v) is 3.88. The molecule has 6 nitrogen and oxygen atoms in total. The maximum absolute atomic E-state index is 12.8. The number of aromatic nitrogens is 2. The van der Waals surface area contributed by atoms with Crippen LogP contribution in [0.2, 0.25) is 0 Å². The minimum atomic E-state index is -2.69. The fraction of sp³-hybridized carbons (Fsp3) is 0.348. The number of piperidine rings is 1. The van der Waals surface area contributed by atoms with Gasteiger partial charge in [0.25, 0.3) is 12.3 Å². The third-order valence-electron chi connectivity index (χ3n) is 5.58. The lowest BCUT2D eigenvalue weighted by atomic mass is 10.0. The molecule has 1 aliphatic rings. The molecule has 2 heterocycles. The topological polar surface area (TPSA) is 78.1 Å². The van der Waals surface area contributed by atoms with Gasteiger partial charge in [0.1, 0.15) is 0 Å². The summed E-state index contributed by atoms with van der Waals surface area (Å²) in [7, 11) is 0. The van der Waals surface area contributed by atoms with Crippen molar-refractivity contribution >= 4 is 22.8 Å². The van der Waals surface area contributed by atoms with Gasteiger partial charge in [-0.2, -0.15) is 0 Å². The minimum Gasteiger partial charge on any atom is -0.353 e. The van der Waals surface area contributed by atoms with E-state index in [4.69, 9.17) is 0 Å². The first-order valence-corrected chi connectivity index (χ1v) is 10.4. The zero-order valence-corrected chi connectivity index (χ0v) is 17.0. The number of imidazole rings is 1. The van der Waals surface area contributed by atoms with Gasteiger partial charge in [0.05, 0.1) is 11.0 Å². The van der Waals surface area contributed by atoms with Crippen LogP contribution in [0.15, 0.2) is 48.5 Å². The number of aryl methyl sites for hydroxylation is 1. The van der Waals surface area contributed by atoms with E-state index in [2.05, 4.69) is 15.3 Å². The van der Waals surface area contributed by atoms with Crippen molar-refractivity contribution in [3.8, 4) is 0 Å². The van der Waals surface area contributed by atoms with E-state index >= 15 is 0 Å². The number of rotatable bonds is 6. The number of likely N-dealkylation sites (tertiary alicyclic amines) is 1. The highest BCUT2D eigenvalue weighted by Crippen LogP contribution is 2.22. The number of carbonyl (C=O) groups excluding carboxylic acids is 2. The highest BCUT2D eigenvalue weighted by Gasteiger charge is 2.25. The Morgan fingerprint density at radius 2 is 1.87 bits per heavy atom. The average molecular weight is 426 g/mol. The number of nitrogens with zero attached hydrogens (tertiary/aromatic N) is 2. The van der Waals surface area contributed by atoms with Gasteiger partial charge in [-0.1, -0.05) is 30.3 Å². The summed E-state index contributed by atoms with van der Waals surface area (Å²) in [5, 5.41) is 3.06. The van der Waals surface area contributed by atoms with Gasteiger partial charge in [-0.3, -0.25) is 9.59 Å². The standard InChI is InChI=1S/C23H24F2N4O2/c24-21(25)22-27-18-8-7-16(14-19(18)28-22)23(31)29-12-10-17(11-13-29)26-20(30)9-6-15-4-2-1-3-5-15/h1-5,7-8,14,17,21H,6,9-13H2,(H,26,30)(H,27,28). The number of H-pyrrole nitrogens is 1. The van der Waals surface area contributed by atoms with E-state index < -0.39 is 12.2 Å². The Morgan fingerprint density at radius 1 is 1.13 bits per heavy atom. The number of amides is 2. The van der Waals surface area contributed by atoms with Gasteiger partial charge in [0.15, 0.2) is 5.82 Å². The Hall–Kier alpha value is -3.29. The zero-order valence-electron chi connectivity index (χ0n) is 17.0. The van der Waals surface area contributed by atoms with Crippen molar-refractivity contribution in [3.05, 3.63) is 65.5 Å². The molecular formula is C23H24F2N4O2. The van der Waals surface area contributed by atoms with Crippen LogP contribution in [0.5, 0.6) is 0 Å². The van der Waals surface area contributed by atoms with Crippen LogP contribution in [0.25, 0.3) is 11.0 Å². The smallest absolute Gasteiger partial charge is 0.295 e. The summed E-state index contributed by atoms with van der Waals surface area (Å²) < 4.78 is 25.6. The lowest BCUT2D eigenvalue weighted by molar-refractivity contribution is -0.122. The SMILES string of the molecule is O=C(CCc1ccccc1)NC1CCN(C(=O)c2ccc3nc(C(F)F)[nH]c3c2)CC1. The maximum atomic E-state index is 12.8. The predicted octanol–water partition coefficient (Wildman–Crippen LogP) is 3.85. The summed E-state index contributed by atoms with van der Waals surface area (Å²) in [5.74, 6) is -0.527. The van der Waals surface area contributed by atoms with E-state index in [1.54, 1.807) is 23.1 Å². The van der Waals surface area contributed by atoms with E-state index in [0.29, 0.717) is 55.4 Å². The van der Waals surface area contributed by atoms with E-state index in [9.17, 15) is 18.4 Å². The van der Waals surface area contributed by atoms with Crippen LogP contribution in [0.3, 0.4) is 0 Å². The molecule has 4 rings (SSSR count). The molecule has 8 heteroatoms. The largest absolute Gasteiger partial charge is 0.353 e. The first-order chi connectivity index (χ1) is 15.0. The second-order valence-corrected chi connectivity index (χ2v) is 7.77. The van der Waals surface area contributed by atoms with E-state index in [1.165, 1.54) is 0 Å². The number of hydrogen-bond donors (Lipinski definition) is 2. The Balaban J connectivity index is 1.28. The molecule has 1 aliphatic heterocycles. The maximum Gasteiger partial charge on any atom is 0.295 e. The summed E-state index contributed by atoms with van der Waals surface area (Å²) in [6.07, 6.45) is -0.176. The van der Waals surface area contributed by atoms with Crippen LogP contribution < -0.4 is 5.32 Å². The van der Waals surface area contributed by atoms with Crippen molar-refractivity contribution in [1.29, 1.82) is 0 Å². The lowest BCUT2D eigenvalue weighted by Crippen LogP contribution is -2.46. The van der Waals surface area contributed by atoms with Crippen LogP contribution >= 0.6 is 0 Å². The first kappa shape index (κ1) is 21.0. The van der Waals surface area contributed by atoms with Gasteiger partial charge in [-0.25, -0.2) is 13.8 Å². The Labute approximate surface area is 178 Å². The fourth-order valence-electron chi connectivity index (χ4n) is 3.88. The van der Waals surface area contributed by atoms with Gasteiger partial charge in [-0.15, -0.1) is 0 Å². The van der Waals surface area contributed by atoms with Crippen LogP contribution in [0.4, 0.5) is 8.78 Å². The molecule has 0 unspecified atom stereocenters. The Bertz CT molecular complexity index is 1060. The first-order valence-electron chi connectivity index (χ1n) is 10.4. The van der Waals surface area contributed by atoms with Gasteiger partial charge in [-0.05, 0) is 43.0 Å². The number of fused-ring (bicyclic) bond motifs is 1. The van der Waals surface area contributed by atoms with Crippen LogP contribution in [0.1, 0.15) is 47.4 Å². The Morgan fingerprint density at radius 3 is 2.58 bits per heavy atom. The molecular weight excluding hydrogens is 402 g/mol. The van der Waals surface area contributed by atoms with E-state index in [1.807, 2.05) is 30.3 Å². The minimum absolute atomic E-state index is 0.0214. The summed E-state index contributed by atoms with van der Waals surface area (Å²) in [6, 6.07) is 14.7. The van der Waals surface area contributed by atoms with Crippen LogP contribution in [-0.2, 0) is 11.2 Å². The summed E-state index contributed by atoms with van der Waals surface area (Å²) in [5.41, 5.74) is 2.39. The van der Waals surface area contributed by atoms with Crippen LogP contribution in [-0.4, -0.2) is 45.8 Å². The molecule has 1 saturated heterocycles. The van der Waals surface area contributed by atoms with Crippen molar-refractivity contribution in [2.45, 2.75) is 38.2 Å². The van der Waals surface area contributed by atoms with Gasteiger partial charge in [0.2, 0.25) is 5.91 Å². The number of benzene rings is 2.